The quantitative estimate of drug-likeness (QED) is 0.872. The molecule has 2 aromatic rings. The summed E-state index contributed by atoms with van der Waals surface area (Å²) in [5.74, 6) is -0.283. The smallest absolute Gasteiger partial charge is 0.335 e. The van der Waals surface area contributed by atoms with Gasteiger partial charge in [-0.25, -0.2) is 4.79 Å². The maximum atomic E-state index is 11.9. The number of methoxy groups -OCH3 is 1. The van der Waals surface area contributed by atoms with Gasteiger partial charge in [0.15, 0.2) is 5.75 Å². The lowest BCUT2D eigenvalue weighted by molar-refractivity contribution is 0.0696. The fourth-order valence-corrected chi connectivity index (χ4v) is 3.39. The van der Waals surface area contributed by atoms with E-state index in [9.17, 15) is 9.59 Å². The zero-order valence-electron chi connectivity index (χ0n) is 14.2. The lowest BCUT2D eigenvalue weighted by Crippen LogP contribution is -2.34. The molecule has 132 valence electrons. The molecule has 0 amide bonds. The zero-order valence-corrected chi connectivity index (χ0v) is 14.2. The Labute approximate surface area is 146 Å². The molecule has 2 heterocycles. The summed E-state index contributed by atoms with van der Waals surface area (Å²) in [4.78, 5) is 28.5. The van der Waals surface area contributed by atoms with Crippen LogP contribution in [0.4, 0.5) is 0 Å². The molecule has 0 bridgehead atoms. The highest BCUT2D eigenvalue weighted by molar-refractivity contribution is 5.87. The number of carbonyl (C=O) groups is 1. The maximum absolute atomic E-state index is 11.9. The molecule has 0 spiro atoms. The number of carboxylic acids is 1. The van der Waals surface area contributed by atoms with E-state index in [1.807, 2.05) is 6.07 Å². The van der Waals surface area contributed by atoms with E-state index in [1.165, 1.54) is 7.11 Å². The van der Waals surface area contributed by atoms with Crippen LogP contribution in [0.15, 0.2) is 41.3 Å². The van der Waals surface area contributed by atoms with Gasteiger partial charge in [0, 0.05) is 31.0 Å². The molecule has 6 heteroatoms. The van der Waals surface area contributed by atoms with Crippen LogP contribution in [0.5, 0.6) is 5.75 Å². The molecule has 3 rings (SSSR count). The highest BCUT2D eigenvalue weighted by atomic mass is 16.5. The van der Waals surface area contributed by atoms with Crippen LogP contribution in [0.25, 0.3) is 0 Å². The molecule has 1 aliphatic rings. The summed E-state index contributed by atoms with van der Waals surface area (Å²) in [6, 6.07) is 8.77. The van der Waals surface area contributed by atoms with E-state index in [0.29, 0.717) is 23.8 Å². The summed E-state index contributed by atoms with van der Waals surface area (Å²) in [5, 5.41) is 9.17. The monoisotopic (exact) mass is 342 g/mol. The normalized spacial score (nSPS) is 18.0. The summed E-state index contributed by atoms with van der Waals surface area (Å²) >= 11 is 0. The Bertz CT molecular complexity index is 815. The van der Waals surface area contributed by atoms with Crippen LogP contribution >= 0.6 is 0 Å². The van der Waals surface area contributed by atoms with Gasteiger partial charge in [-0.15, -0.1) is 0 Å². The number of carboxylic acid groups (broad SMARTS) is 1. The van der Waals surface area contributed by atoms with Crippen LogP contribution in [0.2, 0.25) is 0 Å². The number of hydrogen-bond acceptors (Lipinski definition) is 4. The highest BCUT2D eigenvalue weighted by Crippen LogP contribution is 2.28. The van der Waals surface area contributed by atoms with Crippen LogP contribution in [-0.4, -0.2) is 41.2 Å². The third-order valence-electron chi connectivity index (χ3n) is 4.66. The van der Waals surface area contributed by atoms with Crippen molar-refractivity contribution in [1.29, 1.82) is 0 Å². The number of aromatic carboxylic acids is 1. The number of nitrogens with zero attached hydrogens (tertiary/aromatic N) is 1. The van der Waals surface area contributed by atoms with Crippen molar-refractivity contribution in [2.24, 2.45) is 0 Å². The molecule has 1 aliphatic heterocycles. The topological polar surface area (TPSA) is 82.6 Å². The van der Waals surface area contributed by atoms with Crippen molar-refractivity contribution in [1.82, 2.24) is 9.88 Å². The van der Waals surface area contributed by atoms with E-state index >= 15 is 0 Å². The Hall–Kier alpha value is -2.60. The van der Waals surface area contributed by atoms with E-state index in [-0.39, 0.29) is 5.43 Å². The van der Waals surface area contributed by atoms with Gasteiger partial charge < -0.3 is 14.8 Å². The standard InChI is InChI=1S/C19H22N2O4/c1-25-18-10-20-16(9-17(18)22)12-21-7-3-6-15(11-21)13-4-2-5-14(8-13)19(23)24/h2,4-5,8-10,15H,3,6-7,11-12H2,1H3,(H,20,22)(H,23,24)/t15-/m0/s1. The fraction of sp³-hybridized carbons (Fsp3) is 0.368. The number of nitrogens with one attached hydrogen (secondary N) is 1. The van der Waals surface area contributed by atoms with Crippen LogP contribution in [-0.2, 0) is 6.54 Å². The van der Waals surface area contributed by atoms with Crippen molar-refractivity contribution in [3.8, 4) is 5.75 Å². The predicted octanol–water partition coefficient (Wildman–Crippen LogP) is 2.46. The molecule has 0 aliphatic carbocycles. The zero-order chi connectivity index (χ0) is 17.8. The summed E-state index contributed by atoms with van der Waals surface area (Å²) in [7, 11) is 1.48. The van der Waals surface area contributed by atoms with Crippen molar-refractivity contribution >= 4 is 5.97 Å². The van der Waals surface area contributed by atoms with E-state index in [0.717, 1.165) is 37.2 Å². The second-order valence-electron chi connectivity index (χ2n) is 6.40. The Morgan fingerprint density at radius 1 is 1.40 bits per heavy atom. The highest BCUT2D eigenvalue weighted by Gasteiger charge is 2.22. The molecule has 1 atom stereocenters. The van der Waals surface area contributed by atoms with Crippen LogP contribution < -0.4 is 10.2 Å². The van der Waals surface area contributed by atoms with E-state index in [1.54, 1.807) is 30.5 Å². The summed E-state index contributed by atoms with van der Waals surface area (Å²) in [6.07, 6.45) is 3.68. The van der Waals surface area contributed by atoms with Crippen LogP contribution in [0, 0.1) is 0 Å². The lowest BCUT2D eigenvalue weighted by Gasteiger charge is -2.33. The molecule has 6 nitrogen and oxygen atoms in total. The maximum Gasteiger partial charge on any atom is 0.335 e. The fourth-order valence-electron chi connectivity index (χ4n) is 3.39. The van der Waals surface area contributed by atoms with Gasteiger partial charge >= 0.3 is 5.97 Å². The molecule has 25 heavy (non-hydrogen) atoms. The molecular weight excluding hydrogens is 320 g/mol. The first-order valence-electron chi connectivity index (χ1n) is 8.38. The van der Waals surface area contributed by atoms with Crippen molar-refractivity contribution < 1.29 is 14.6 Å². The van der Waals surface area contributed by atoms with E-state index < -0.39 is 5.97 Å². The average Bonchev–Trinajstić information content (AvgIpc) is 2.62. The molecule has 1 aromatic heterocycles. The lowest BCUT2D eigenvalue weighted by atomic mass is 9.89. The van der Waals surface area contributed by atoms with Gasteiger partial charge in [0.25, 0.3) is 0 Å². The number of aromatic amines is 1. The first-order chi connectivity index (χ1) is 12.1. The number of ether oxygens (including phenoxy) is 1. The van der Waals surface area contributed by atoms with Crippen molar-refractivity contribution in [3.63, 3.8) is 0 Å². The number of H-pyrrole nitrogens is 1. The minimum atomic E-state index is -0.898. The molecule has 1 fully saturated rings. The second-order valence-corrected chi connectivity index (χ2v) is 6.40. The van der Waals surface area contributed by atoms with Gasteiger partial charge in [-0.05, 0) is 43.0 Å². The molecule has 1 saturated heterocycles. The Balaban J connectivity index is 1.71. The Morgan fingerprint density at radius 2 is 2.24 bits per heavy atom. The molecule has 1 aromatic carbocycles. The first-order valence-corrected chi connectivity index (χ1v) is 8.38. The third-order valence-corrected chi connectivity index (χ3v) is 4.66. The summed E-state index contributed by atoms with van der Waals surface area (Å²) in [6.45, 7) is 2.47. The number of hydrogen-bond donors (Lipinski definition) is 2. The first kappa shape index (κ1) is 17.2. The minimum absolute atomic E-state index is 0.126. The van der Waals surface area contributed by atoms with Gasteiger partial charge in [-0.1, -0.05) is 12.1 Å². The molecule has 2 N–H and O–H groups in total. The molecular formula is C19H22N2O4. The number of benzene rings is 1. The van der Waals surface area contributed by atoms with Gasteiger partial charge in [0.2, 0.25) is 5.43 Å². The van der Waals surface area contributed by atoms with Crippen molar-refractivity contribution in [2.75, 3.05) is 20.2 Å². The Morgan fingerprint density at radius 3 is 2.96 bits per heavy atom. The largest absolute Gasteiger partial charge is 0.491 e. The molecule has 0 saturated carbocycles. The Kier molecular flexibility index (Phi) is 5.19. The predicted molar refractivity (Wildman–Crippen MR) is 94.3 cm³/mol. The number of piperidine rings is 1. The molecule has 0 unspecified atom stereocenters. The van der Waals surface area contributed by atoms with Gasteiger partial charge in [-0.2, -0.15) is 0 Å². The second kappa shape index (κ2) is 7.53. The van der Waals surface area contributed by atoms with Gasteiger partial charge in [-0.3, -0.25) is 9.69 Å². The third kappa shape index (κ3) is 4.09. The van der Waals surface area contributed by atoms with Crippen molar-refractivity contribution in [2.45, 2.75) is 25.3 Å². The van der Waals surface area contributed by atoms with Gasteiger partial charge in [0.1, 0.15) is 0 Å². The average molecular weight is 342 g/mol. The van der Waals surface area contributed by atoms with Crippen LogP contribution in [0.3, 0.4) is 0 Å². The van der Waals surface area contributed by atoms with E-state index in [2.05, 4.69) is 9.88 Å². The SMILES string of the molecule is COc1c[nH]c(CN2CCC[C@H](c3cccc(C(=O)O)c3)C2)cc1=O. The molecule has 0 radical (unpaired) electrons. The number of rotatable bonds is 5. The summed E-state index contributed by atoms with van der Waals surface area (Å²) < 4.78 is 4.99. The van der Waals surface area contributed by atoms with Crippen molar-refractivity contribution in [3.05, 3.63) is 63.6 Å². The number of pyridine rings is 1. The van der Waals surface area contributed by atoms with Crippen LogP contribution in [0.1, 0.15) is 40.4 Å². The minimum Gasteiger partial charge on any atom is -0.491 e. The van der Waals surface area contributed by atoms with E-state index in [4.69, 9.17) is 9.84 Å². The van der Waals surface area contributed by atoms with Gasteiger partial charge in [0.05, 0.1) is 12.7 Å². The number of aromatic nitrogens is 1. The summed E-state index contributed by atoms with van der Waals surface area (Å²) in [5.41, 5.74) is 2.12. The number of likely N-dealkylation sites (tertiary alicyclic amines) is 1.